The molecule has 0 amide bonds. The summed E-state index contributed by atoms with van der Waals surface area (Å²) < 4.78 is 36.8. The van der Waals surface area contributed by atoms with Crippen molar-refractivity contribution in [3.8, 4) is 0 Å². The molecule has 23 heavy (non-hydrogen) atoms. The second-order valence-corrected chi connectivity index (χ2v) is 9.56. The van der Waals surface area contributed by atoms with Gasteiger partial charge in [-0.2, -0.15) is 0 Å². The van der Waals surface area contributed by atoms with Crippen LogP contribution in [0.1, 0.15) is 37.5 Å². The summed E-state index contributed by atoms with van der Waals surface area (Å²) in [5, 5.41) is 0. The van der Waals surface area contributed by atoms with Gasteiger partial charge in [0.2, 0.25) is 0 Å². The van der Waals surface area contributed by atoms with Gasteiger partial charge in [-0.3, -0.25) is 0 Å². The second-order valence-electron chi connectivity index (χ2n) is 6.82. The standard InChI is InChI=1S/C19H23FO2S/c1-19(2,3)23(21,22)14-17-11-8-15(9-12-17)7-10-16-5-4-6-18(20)13-16/h4-6,8-9,11-13H,7,10,14H2,1-3H3. The third-order valence-electron chi connectivity index (χ3n) is 3.90. The number of hydrogen-bond acceptors (Lipinski definition) is 2. The van der Waals surface area contributed by atoms with E-state index in [1.54, 1.807) is 32.9 Å². The zero-order valence-corrected chi connectivity index (χ0v) is 14.7. The highest BCUT2D eigenvalue weighted by Gasteiger charge is 2.28. The number of sulfone groups is 1. The van der Waals surface area contributed by atoms with Crippen LogP contribution in [-0.2, 0) is 28.4 Å². The highest BCUT2D eigenvalue weighted by molar-refractivity contribution is 7.91. The SMILES string of the molecule is CC(C)(C)S(=O)(=O)Cc1ccc(CCc2cccc(F)c2)cc1. The highest BCUT2D eigenvalue weighted by Crippen LogP contribution is 2.21. The summed E-state index contributed by atoms with van der Waals surface area (Å²) in [5.41, 5.74) is 2.88. The summed E-state index contributed by atoms with van der Waals surface area (Å²) in [7, 11) is -3.17. The minimum atomic E-state index is -3.17. The average Bonchev–Trinajstić information content (AvgIpc) is 2.45. The third-order valence-corrected chi connectivity index (χ3v) is 6.48. The predicted octanol–water partition coefficient (Wildman–Crippen LogP) is 4.32. The molecule has 0 atom stereocenters. The molecule has 0 saturated carbocycles. The first kappa shape index (κ1) is 17.7. The third kappa shape index (κ3) is 4.90. The van der Waals surface area contributed by atoms with E-state index in [0.717, 1.165) is 29.5 Å². The fourth-order valence-electron chi connectivity index (χ4n) is 2.22. The number of aryl methyl sites for hydroxylation is 2. The van der Waals surface area contributed by atoms with Crippen molar-refractivity contribution >= 4 is 9.84 Å². The van der Waals surface area contributed by atoms with Crippen molar-refractivity contribution < 1.29 is 12.8 Å². The molecule has 124 valence electrons. The van der Waals surface area contributed by atoms with E-state index in [9.17, 15) is 12.8 Å². The van der Waals surface area contributed by atoms with Gasteiger partial charge in [-0.1, -0.05) is 36.4 Å². The van der Waals surface area contributed by atoms with Crippen LogP contribution in [0.15, 0.2) is 48.5 Å². The normalized spacial score (nSPS) is 12.3. The van der Waals surface area contributed by atoms with E-state index < -0.39 is 14.6 Å². The summed E-state index contributed by atoms with van der Waals surface area (Å²) in [4.78, 5) is 0. The number of hydrogen-bond donors (Lipinski definition) is 0. The van der Waals surface area contributed by atoms with E-state index in [0.29, 0.717) is 0 Å². The minimum absolute atomic E-state index is 0.0562. The first-order valence-corrected chi connectivity index (χ1v) is 9.37. The molecule has 0 aliphatic rings. The quantitative estimate of drug-likeness (QED) is 0.816. The number of benzene rings is 2. The Morgan fingerprint density at radius 1 is 0.870 bits per heavy atom. The van der Waals surface area contributed by atoms with E-state index >= 15 is 0 Å². The first-order chi connectivity index (χ1) is 10.7. The number of halogens is 1. The van der Waals surface area contributed by atoms with Crippen molar-refractivity contribution in [2.24, 2.45) is 0 Å². The zero-order valence-electron chi connectivity index (χ0n) is 13.8. The summed E-state index contributed by atoms with van der Waals surface area (Å²) in [5.74, 6) is -0.161. The van der Waals surface area contributed by atoms with Gasteiger partial charge in [0.1, 0.15) is 5.82 Å². The summed E-state index contributed by atoms with van der Waals surface area (Å²) in [6.07, 6.45) is 1.56. The molecule has 2 nitrogen and oxygen atoms in total. The largest absolute Gasteiger partial charge is 0.228 e. The Morgan fingerprint density at radius 2 is 1.43 bits per heavy atom. The molecule has 0 heterocycles. The van der Waals surface area contributed by atoms with E-state index in [1.165, 1.54) is 6.07 Å². The Kier molecular flexibility index (Phi) is 5.25. The lowest BCUT2D eigenvalue weighted by molar-refractivity contribution is 0.559. The van der Waals surface area contributed by atoms with E-state index in [-0.39, 0.29) is 11.6 Å². The Hall–Kier alpha value is -1.68. The van der Waals surface area contributed by atoms with E-state index in [2.05, 4.69) is 0 Å². The molecular formula is C19H23FO2S. The van der Waals surface area contributed by atoms with Crippen LogP contribution in [0.3, 0.4) is 0 Å². The fraction of sp³-hybridized carbons (Fsp3) is 0.368. The minimum Gasteiger partial charge on any atom is -0.228 e. The van der Waals surface area contributed by atoms with Gasteiger partial charge in [0, 0.05) is 0 Å². The monoisotopic (exact) mass is 334 g/mol. The Bertz CT molecular complexity index is 757. The average molecular weight is 334 g/mol. The van der Waals surface area contributed by atoms with Gasteiger partial charge < -0.3 is 0 Å². The van der Waals surface area contributed by atoms with Gasteiger partial charge in [0.05, 0.1) is 10.5 Å². The van der Waals surface area contributed by atoms with Crippen molar-refractivity contribution in [2.75, 3.05) is 0 Å². The maximum Gasteiger partial charge on any atom is 0.159 e. The molecule has 0 aromatic heterocycles. The van der Waals surface area contributed by atoms with Crippen LogP contribution in [0.2, 0.25) is 0 Å². The molecule has 0 bridgehead atoms. The van der Waals surface area contributed by atoms with E-state index in [1.807, 2.05) is 30.3 Å². The summed E-state index contributed by atoms with van der Waals surface area (Å²) in [6, 6.07) is 14.2. The summed E-state index contributed by atoms with van der Waals surface area (Å²) in [6.45, 7) is 5.15. The first-order valence-electron chi connectivity index (χ1n) is 7.72. The van der Waals surface area contributed by atoms with Gasteiger partial charge in [-0.25, -0.2) is 12.8 Å². The molecule has 0 aliphatic heterocycles. The molecule has 2 aromatic rings. The lowest BCUT2D eigenvalue weighted by atomic mass is 10.0. The van der Waals surface area contributed by atoms with Crippen LogP contribution < -0.4 is 0 Å². The molecule has 0 N–H and O–H groups in total. The highest BCUT2D eigenvalue weighted by atomic mass is 32.2. The Morgan fingerprint density at radius 3 is 2.00 bits per heavy atom. The molecule has 0 saturated heterocycles. The van der Waals surface area contributed by atoms with E-state index in [4.69, 9.17) is 0 Å². The van der Waals surface area contributed by atoms with Gasteiger partial charge in [0.25, 0.3) is 0 Å². The Balaban J connectivity index is 2.00. The van der Waals surface area contributed by atoms with Crippen molar-refractivity contribution in [3.63, 3.8) is 0 Å². The van der Waals surface area contributed by atoms with Crippen molar-refractivity contribution in [1.29, 1.82) is 0 Å². The fourth-order valence-corrected chi connectivity index (χ4v) is 3.28. The van der Waals surface area contributed by atoms with Crippen LogP contribution in [0, 0.1) is 5.82 Å². The maximum absolute atomic E-state index is 13.1. The lowest BCUT2D eigenvalue weighted by Gasteiger charge is -2.19. The van der Waals surface area contributed by atoms with Crippen LogP contribution in [0.4, 0.5) is 4.39 Å². The van der Waals surface area contributed by atoms with Crippen LogP contribution >= 0.6 is 0 Å². The molecule has 2 rings (SSSR count). The molecular weight excluding hydrogens is 311 g/mol. The predicted molar refractivity (Wildman–Crippen MR) is 92.6 cm³/mol. The lowest BCUT2D eigenvalue weighted by Crippen LogP contribution is -2.29. The maximum atomic E-state index is 13.1. The second kappa shape index (κ2) is 6.83. The molecule has 0 spiro atoms. The van der Waals surface area contributed by atoms with Gasteiger partial charge in [-0.15, -0.1) is 0 Å². The van der Waals surface area contributed by atoms with Crippen LogP contribution in [-0.4, -0.2) is 13.2 Å². The van der Waals surface area contributed by atoms with Crippen molar-refractivity contribution in [3.05, 3.63) is 71.0 Å². The van der Waals surface area contributed by atoms with Gasteiger partial charge in [-0.05, 0) is 62.4 Å². The molecule has 4 heteroatoms. The molecule has 2 aromatic carbocycles. The van der Waals surface area contributed by atoms with Crippen molar-refractivity contribution in [1.82, 2.24) is 0 Å². The van der Waals surface area contributed by atoms with Gasteiger partial charge >= 0.3 is 0 Å². The topological polar surface area (TPSA) is 34.1 Å². The summed E-state index contributed by atoms with van der Waals surface area (Å²) >= 11 is 0. The molecule has 0 unspecified atom stereocenters. The number of rotatable bonds is 5. The Labute approximate surface area is 138 Å². The zero-order chi connectivity index (χ0) is 17.1. The molecule has 0 aliphatic carbocycles. The smallest absolute Gasteiger partial charge is 0.159 e. The molecule has 0 fully saturated rings. The van der Waals surface area contributed by atoms with Crippen LogP contribution in [0.25, 0.3) is 0 Å². The molecule has 0 radical (unpaired) electrons. The van der Waals surface area contributed by atoms with Gasteiger partial charge in [0.15, 0.2) is 9.84 Å². The van der Waals surface area contributed by atoms with Crippen LogP contribution in [0.5, 0.6) is 0 Å². The van der Waals surface area contributed by atoms with Crippen molar-refractivity contribution in [2.45, 2.75) is 44.1 Å².